The second-order valence-corrected chi connectivity index (χ2v) is 6.29. The highest BCUT2D eigenvalue weighted by Crippen LogP contribution is 2.37. The number of aromatic carboxylic acids is 1. The quantitative estimate of drug-likeness (QED) is 0.249. The Balaban J connectivity index is 1.77. The lowest BCUT2D eigenvalue weighted by Gasteiger charge is -2.33. The summed E-state index contributed by atoms with van der Waals surface area (Å²) in [5, 5.41) is 31.3. The van der Waals surface area contributed by atoms with Crippen molar-refractivity contribution in [2.75, 3.05) is 13.1 Å². The van der Waals surface area contributed by atoms with Crippen molar-refractivity contribution >= 4 is 18.9 Å². The minimum Gasteiger partial charge on any atom is -0.535 e. The van der Waals surface area contributed by atoms with E-state index in [1.165, 1.54) is 0 Å². The largest absolute Gasteiger partial charge is 0.535 e. The number of hydrogen-bond donors (Lipinski definition) is 3. The van der Waals surface area contributed by atoms with Gasteiger partial charge in [-0.25, -0.2) is 4.79 Å². The Kier molecular flexibility index (Phi) is 5.03. The zero-order valence-electron chi connectivity index (χ0n) is 14.0. The van der Waals surface area contributed by atoms with Gasteiger partial charge in [-0.15, -0.1) is 0 Å². The van der Waals surface area contributed by atoms with Crippen molar-refractivity contribution in [1.82, 2.24) is 4.90 Å². The Hall–Kier alpha value is -2.42. The molecule has 3 rings (SSSR count). The van der Waals surface area contributed by atoms with E-state index in [-0.39, 0.29) is 23.2 Å². The second-order valence-electron chi connectivity index (χ2n) is 6.29. The van der Waals surface area contributed by atoms with Crippen molar-refractivity contribution in [3.05, 3.63) is 23.3 Å². The maximum Gasteiger partial charge on any atom is 0.522 e. The molecule has 1 aromatic rings. The van der Waals surface area contributed by atoms with Crippen LogP contribution in [0, 0.1) is 0 Å². The summed E-state index contributed by atoms with van der Waals surface area (Å²) in [6.45, 7) is 3.07. The molecule has 2 aliphatic heterocycles. The van der Waals surface area contributed by atoms with Crippen LogP contribution in [-0.4, -0.2) is 58.4 Å². The normalized spacial score (nSPS) is 18.6. The van der Waals surface area contributed by atoms with Crippen LogP contribution in [0.4, 0.5) is 0 Å². The number of rotatable bonds is 3. The van der Waals surface area contributed by atoms with Gasteiger partial charge in [-0.1, -0.05) is 11.2 Å². The summed E-state index contributed by atoms with van der Waals surface area (Å²) in [7, 11) is -0.996. The SMILES string of the molecule is C/C(=N\O)N1CCC(Oc2ccc3c(c2C(=O)O)OB(O)CC3)CC1. The highest BCUT2D eigenvalue weighted by Gasteiger charge is 2.31. The highest BCUT2D eigenvalue weighted by atomic mass is 16.5. The number of carboxylic acid groups (broad SMARTS) is 1. The van der Waals surface area contributed by atoms with E-state index >= 15 is 0 Å². The Bertz CT molecular complexity index is 687. The Morgan fingerprint density at radius 1 is 1.40 bits per heavy atom. The van der Waals surface area contributed by atoms with E-state index in [1.807, 2.05) is 4.90 Å². The molecule has 1 saturated heterocycles. The van der Waals surface area contributed by atoms with Crippen molar-refractivity contribution in [1.29, 1.82) is 0 Å². The van der Waals surface area contributed by atoms with E-state index in [1.54, 1.807) is 19.1 Å². The van der Waals surface area contributed by atoms with Gasteiger partial charge in [0.25, 0.3) is 0 Å². The highest BCUT2D eigenvalue weighted by molar-refractivity contribution is 6.44. The van der Waals surface area contributed by atoms with E-state index in [0.717, 1.165) is 5.56 Å². The fourth-order valence-electron chi connectivity index (χ4n) is 3.25. The van der Waals surface area contributed by atoms with Gasteiger partial charge >= 0.3 is 13.1 Å². The topological polar surface area (TPSA) is 112 Å². The number of carboxylic acids is 1. The van der Waals surface area contributed by atoms with Crippen LogP contribution in [0.1, 0.15) is 35.7 Å². The number of benzene rings is 1. The number of ether oxygens (including phenoxy) is 1. The number of carbonyl (C=O) groups is 1. The molecule has 0 amide bonds. The van der Waals surface area contributed by atoms with Gasteiger partial charge in [0.2, 0.25) is 0 Å². The summed E-state index contributed by atoms with van der Waals surface area (Å²) in [5.74, 6) is -0.127. The van der Waals surface area contributed by atoms with Gasteiger partial charge < -0.3 is 29.6 Å². The van der Waals surface area contributed by atoms with Crippen LogP contribution in [0.5, 0.6) is 11.5 Å². The lowest BCUT2D eigenvalue weighted by molar-refractivity contribution is 0.0680. The second kappa shape index (κ2) is 7.22. The lowest BCUT2D eigenvalue weighted by atomic mass is 9.78. The molecule has 25 heavy (non-hydrogen) atoms. The summed E-state index contributed by atoms with van der Waals surface area (Å²) in [6.07, 6.45) is 2.25. The van der Waals surface area contributed by atoms with Crippen LogP contribution in [0.25, 0.3) is 0 Å². The van der Waals surface area contributed by atoms with E-state index in [2.05, 4.69) is 5.16 Å². The zero-order chi connectivity index (χ0) is 18.0. The molecule has 0 unspecified atom stereocenters. The third-order valence-electron chi connectivity index (χ3n) is 4.67. The van der Waals surface area contributed by atoms with Crippen LogP contribution < -0.4 is 9.39 Å². The van der Waals surface area contributed by atoms with Crippen molar-refractivity contribution in [2.45, 2.75) is 38.6 Å². The van der Waals surface area contributed by atoms with Gasteiger partial charge in [-0.3, -0.25) is 0 Å². The van der Waals surface area contributed by atoms with E-state index in [9.17, 15) is 14.9 Å². The number of piperidine rings is 1. The summed E-state index contributed by atoms with van der Waals surface area (Å²) >= 11 is 0. The third kappa shape index (κ3) is 3.66. The molecule has 0 aromatic heterocycles. The van der Waals surface area contributed by atoms with Gasteiger partial charge in [-0.2, -0.15) is 0 Å². The van der Waals surface area contributed by atoms with Crippen LogP contribution in [0.3, 0.4) is 0 Å². The monoisotopic (exact) mass is 348 g/mol. The Morgan fingerprint density at radius 2 is 2.12 bits per heavy atom. The number of aryl methyl sites for hydroxylation is 1. The molecule has 3 N–H and O–H groups in total. The van der Waals surface area contributed by atoms with Crippen molar-refractivity contribution < 1.29 is 29.5 Å². The molecule has 1 aromatic carbocycles. The van der Waals surface area contributed by atoms with Gasteiger partial charge in [0, 0.05) is 25.9 Å². The molecule has 0 saturated carbocycles. The number of amidine groups is 1. The summed E-state index contributed by atoms with van der Waals surface area (Å²) in [6, 6.07) is 3.46. The number of nitrogens with zero attached hydrogens (tertiary/aromatic N) is 2. The van der Waals surface area contributed by atoms with E-state index in [4.69, 9.17) is 14.6 Å². The third-order valence-corrected chi connectivity index (χ3v) is 4.67. The number of fused-ring (bicyclic) bond motifs is 1. The molecule has 0 spiro atoms. The Morgan fingerprint density at radius 3 is 2.76 bits per heavy atom. The predicted molar refractivity (Wildman–Crippen MR) is 90.6 cm³/mol. The molecule has 134 valence electrons. The van der Waals surface area contributed by atoms with Gasteiger partial charge in [0.1, 0.15) is 29.0 Å². The first-order valence-corrected chi connectivity index (χ1v) is 8.33. The molecule has 9 heteroatoms. The smallest absolute Gasteiger partial charge is 0.522 e. The van der Waals surface area contributed by atoms with Crippen molar-refractivity contribution in [3.8, 4) is 11.5 Å². The van der Waals surface area contributed by atoms with Gasteiger partial charge in [0.05, 0.1) is 0 Å². The first-order chi connectivity index (χ1) is 12.0. The number of likely N-dealkylation sites (tertiary alicyclic amines) is 1. The summed E-state index contributed by atoms with van der Waals surface area (Å²) in [5.41, 5.74) is 0.728. The van der Waals surface area contributed by atoms with Gasteiger partial charge in [-0.05, 0) is 31.3 Å². The summed E-state index contributed by atoms with van der Waals surface area (Å²) in [4.78, 5) is 13.7. The molecule has 8 nitrogen and oxygen atoms in total. The molecule has 2 heterocycles. The predicted octanol–water partition coefficient (Wildman–Crippen LogP) is 1.45. The van der Waals surface area contributed by atoms with E-state index in [0.29, 0.717) is 44.5 Å². The molecular weight excluding hydrogens is 327 g/mol. The van der Waals surface area contributed by atoms with Crippen LogP contribution >= 0.6 is 0 Å². The lowest BCUT2D eigenvalue weighted by Crippen LogP contribution is -2.41. The average molecular weight is 348 g/mol. The Labute approximate surface area is 145 Å². The zero-order valence-corrected chi connectivity index (χ0v) is 14.0. The molecule has 1 fully saturated rings. The molecule has 0 radical (unpaired) electrons. The van der Waals surface area contributed by atoms with E-state index < -0.39 is 13.1 Å². The first-order valence-electron chi connectivity index (χ1n) is 8.33. The molecular formula is C16H21BN2O6. The molecule has 0 bridgehead atoms. The average Bonchev–Trinajstić information content (AvgIpc) is 2.61. The number of hydrogen-bond acceptors (Lipinski definition) is 6. The van der Waals surface area contributed by atoms with Crippen LogP contribution in [0.2, 0.25) is 6.32 Å². The fraction of sp³-hybridized carbons (Fsp3) is 0.500. The van der Waals surface area contributed by atoms with Gasteiger partial charge in [0.15, 0.2) is 0 Å². The maximum absolute atomic E-state index is 11.7. The fourth-order valence-corrected chi connectivity index (χ4v) is 3.25. The minimum atomic E-state index is -1.14. The number of oxime groups is 1. The molecule has 2 aliphatic rings. The minimum absolute atomic E-state index is 0.0354. The maximum atomic E-state index is 11.7. The molecule has 0 atom stereocenters. The first kappa shape index (κ1) is 17.4. The van der Waals surface area contributed by atoms with Crippen LogP contribution in [-0.2, 0) is 6.42 Å². The van der Waals surface area contributed by atoms with Crippen molar-refractivity contribution in [2.24, 2.45) is 5.16 Å². The van der Waals surface area contributed by atoms with Crippen molar-refractivity contribution in [3.63, 3.8) is 0 Å². The standard InChI is InChI=1S/C16H21BN2O6/c1-10(18-23)19-8-5-12(6-9-19)24-13-3-2-11-4-7-17(22)25-15(11)14(13)16(20)21/h2-3,12,22-23H,4-9H2,1H3,(H,20,21)/b18-10+. The molecule has 0 aliphatic carbocycles. The van der Waals surface area contributed by atoms with Crippen LogP contribution in [0.15, 0.2) is 17.3 Å². The summed E-state index contributed by atoms with van der Waals surface area (Å²) < 4.78 is 11.3.